The van der Waals surface area contributed by atoms with E-state index in [2.05, 4.69) is 10.1 Å². The van der Waals surface area contributed by atoms with Crippen LogP contribution in [-0.4, -0.2) is 28.7 Å². The molecule has 0 radical (unpaired) electrons. The number of nitrogens with zero attached hydrogens (tertiary/aromatic N) is 1. The minimum atomic E-state index is -1.45. The van der Waals surface area contributed by atoms with Gasteiger partial charge in [-0.3, -0.25) is 15.4 Å². The Kier molecular flexibility index (Phi) is 4.19. The van der Waals surface area contributed by atoms with Crippen molar-refractivity contribution < 1.29 is 24.4 Å². The third-order valence-corrected chi connectivity index (χ3v) is 1.96. The molecule has 0 atom stereocenters. The van der Waals surface area contributed by atoms with Gasteiger partial charge in [-0.05, 0) is 19.1 Å². The Balaban J connectivity index is 3.19. The van der Waals surface area contributed by atoms with Gasteiger partial charge in [0.2, 0.25) is 0 Å². The lowest BCUT2D eigenvalue weighted by molar-refractivity contribution is -0.384. The number of carbonyl (C=O) groups is 2. The third-order valence-electron chi connectivity index (χ3n) is 1.96. The van der Waals surface area contributed by atoms with Crippen LogP contribution in [0.5, 0.6) is 0 Å². The lowest BCUT2D eigenvalue weighted by atomic mass is 10.1. The van der Waals surface area contributed by atoms with Gasteiger partial charge >= 0.3 is 17.7 Å². The Labute approximate surface area is 101 Å². The highest BCUT2D eigenvalue weighted by atomic mass is 16.6. The maximum absolute atomic E-state index is 11.2. The SMILES string of the molecule is CCOC(=O)Nc1cccc(C(=O)O)c1[N+](=O)[O-]. The third kappa shape index (κ3) is 2.94. The first-order chi connectivity index (χ1) is 8.47. The molecular weight excluding hydrogens is 244 g/mol. The predicted molar refractivity (Wildman–Crippen MR) is 60.7 cm³/mol. The number of carboxylic acids is 1. The highest BCUT2D eigenvalue weighted by Crippen LogP contribution is 2.28. The number of para-hydroxylation sites is 1. The molecule has 1 amide bonds. The monoisotopic (exact) mass is 254 g/mol. The highest BCUT2D eigenvalue weighted by Gasteiger charge is 2.25. The van der Waals surface area contributed by atoms with Crippen LogP contribution in [-0.2, 0) is 4.74 Å². The number of hydrogen-bond donors (Lipinski definition) is 2. The first-order valence-corrected chi connectivity index (χ1v) is 4.91. The Morgan fingerprint density at radius 1 is 1.50 bits per heavy atom. The molecule has 0 bridgehead atoms. The van der Waals surface area contributed by atoms with E-state index in [0.717, 1.165) is 6.07 Å². The second-order valence-electron chi connectivity index (χ2n) is 3.11. The fourth-order valence-corrected chi connectivity index (χ4v) is 1.29. The second-order valence-corrected chi connectivity index (χ2v) is 3.11. The van der Waals surface area contributed by atoms with Gasteiger partial charge in [-0.2, -0.15) is 0 Å². The van der Waals surface area contributed by atoms with Crippen molar-refractivity contribution in [2.75, 3.05) is 11.9 Å². The van der Waals surface area contributed by atoms with Crippen LogP contribution in [0.15, 0.2) is 18.2 Å². The van der Waals surface area contributed by atoms with E-state index >= 15 is 0 Å². The van der Waals surface area contributed by atoms with E-state index in [-0.39, 0.29) is 12.3 Å². The lowest BCUT2D eigenvalue weighted by Gasteiger charge is -2.07. The van der Waals surface area contributed by atoms with Gasteiger partial charge in [0.05, 0.1) is 11.5 Å². The van der Waals surface area contributed by atoms with E-state index in [0.29, 0.717) is 0 Å². The number of rotatable bonds is 4. The molecule has 0 spiro atoms. The number of ether oxygens (including phenoxy) is 1. The quantitative estimate of drug-likeness (QED) is 0.625. The van der Waals surface area contributed by atoms with Gasteiger partial charge in [0.15, 0.2) is 0 Å². The molecule has 2 N–H and O–H groups in total. The maximum atomic E-state index is 11.2. The minimum absolute atomic E-state index is 0.0955. The maximum Gasteiger partial charge on any atom is 0.411 e. The molecule has 8 heteroatoms. The van der Waals surface area contributed by atoms with Gasteiger partial charge in [0.25, 0.3) is 0 Å². The summed E-state index contributed by atoms with van der Waals surface area (Å²) in [4.78, 5) is 32.0. The van der Waals surface area contributed by atoms with E-state index in [1.165, 1.54) is 12.1 Å². The summed E-state index contributed by atoms with van der Waals surface area (Å²) in [5.41, 5.74) is -1.41. The van der Waals surface area contributed by atoms with Crippen molar-refractivity contribution in [2.45, 2.75) is 6.92 Å². The molecular formula is C10H10N2O6. The van der Waals surface area contributed by atoms with E-state index in [1.54, 1.807) is 6.92 Å². The van der Waals surface area contributed by atoms with Gasteiger partial charge in [-0.15, -0.1) is 0 Å². The second kappa shape index (κ2) is 5.62. The van der Waals surface area contributed by atoms with Crippen LogP contribution in [0.1, 0.15) is 17.3 Å². The van der Waals surface area contributed by atoms with Gasteiger partial charge in [-0.25, -0.2) is 9.59 Å². The molecule has 8 nitrogen and oxygen atoms in total. The van der Waals surface area contributed by atoms with Crippen molar-refractivity contribution in [1.82, 2.24) is 0 Å². The number of nitrogens with one attached hydrogen (secondary N) is 1. The number of aromatic carboxylic acids is 1. The zero-order chi connectivity index (χ0) is 13.7. The van der Waals surface area contributed by atoms with Crippen molar-refractivity contribution in [3.05, 3.63) is 33.9 Å². The van der Waals surface area contributed by atoms with E-state index in [4.69, 9.17) is 5.11 Å². The zero-order valence-electron chi connectivity index (χ0n) is 9.37. The number of amides is 1. The molecule has 0 aliphatic carbocycles. The predicted octanol–water partition coefficient (Wildman–Crippen LogP) is 1.86. The highest BCUT2D eigenvalue weighted by molar-refractivity contribution is 5.98. The number of nitro groups is 1. The molecule has 1 rings (SSSR count). The number of carboxylic acid groups (broad SMARTS) is 1. The fraction of sp³-hybridized carbons (Fsp3) is 0.200. The molecule has 1 aromatic rings. The Morgan fingerprint density at radius 2 is 2.17 bits per heavy atom. The summed E-state index contributed by atoms with van der Waals surface area (Å²) in [7, 11) is 0. The lowest BCUT2D eigenvalue weighted by Crippen LogP contribution is -2.15. The van der Waals surface area contributed by atoms with Crippen molar-refractivity contribution in [3.8, 4) is 0 Å². The van der Waals surface area contributed by atoms with Crippen LogP contribution in [0.4, 0.5) is 16.2 Å². The molecule has 1 aromatic carbocycles. The van der Waals surface area contributed by atoms with Gasteiger partial charge < -0.3 is 9.84 Å². The number of carbonyl (C=O) groups excluding carboxylic acids is 1. The largest absolute Gasteiger partial charge is 0.477 e. The van der Waals surface area contributed by atoms with Crippen molar-refractivity contribution in [2.24, 2.45) is 0 Å². The molecule has 96 valence electrons. The number of hydrogen-bond acceptors (Lipinski definition) is 5. The number of anilines is 1. The standard InChI is InChI=1S/C10H10N2O6/c1-2-18-10(15)11-7-5-3-4-6(9(13)14)8(7)12(16)17/h3-5H,2H2,1H3,(H,11,15)(H,13,14). The Morgan fingerprint density at radius 3 is 2.67 bits per heavy atom. The molecule has 18 heavy (non-hydrogen) atoms. The smallest absolute Gasteiger partial charge is 0.411 e. The molecule has 0 saturated heterocycles. The molecule has 0 heterocycles. The van der Waals surface area contributed by atoms with E-state index < -0.39 is 28.2 Å². The zero-order valence-corrected chi connectivity index (χ0v) is 9.37. The summed E-state index contributed by atoms with van der Waals surface area (Å²) in [6, 6.07) is 3.59. The average Bonchev–Trinajstić information content (AvgIpc) is 2.28. The number of benzene rings is 1. The number of nitro benzene ring substituents is 1. The molecule has 0 fully saturated rings. The summed E-state index contributed by atoms with van der Waals surface area (Å²) in [6.07, 6.45) is -0.886. The minimum Gasteiger partial charge on any atom is -0.477 e. The normalized spacial score (nSPS) is 9.61. The average molecular weight is 254 g/mol. The summed E-state index contributed by atoms with van der Waals surface area (Å²) in [5, 5.41) is 21.8. The van der Waals surface area contributed by atoms with Crippen molar-refractivity contribution >= 4 is 23.4 Å². The van der Waals surface area contributed by atoms with Crippen LogP contribution < -0.4 is 5.32 Å². The van der Waals surface area contributed by atoms with Crippen LogP contribution >= 0.6 is 0 Å². The van der Waals surface area contributed by atoms with Crippen molar-refractivity contribution in [1.29, 1.82) is 0 Å². The first kappa shape index (κ1) is 13.4. The molecule has 0 unspecified atom stereocenters. The fourth-order valence-electron chi connectivity index (χ4n) is 1.29. The molecule has 0 aromatic heterocycles. The molecule has 0 aliphatic rings. The van der Waals surface area contributed by atoms with Crippen LogP contribution in [0.2, 0.25) is 0 Å². The topological polar surface area (TPSA) is 119 Å². The summed E-state index contributed by atoms with van der Waals surface area (Å²) >= 11 is 0. The van der Waals surface area contributed by atoms with Crippen LogP contribution in [0.25, 0.3) is 0 Å². The van der Waals surface area contributed by atoms with Gasteiger partial charge in [-0.1, -0.05) is 6.07 Å². The van der Waals surface area contributed by atoms with Crippen LogP contribution in [0, 0.1) is 10.1 Å². The summed E-state index contributed by atoms with van der Waals surface area (Å²) < 4.78 is 4.56. The summed E-state index contributed by atoms with van der Waals surface area (Å²) in [5.74, 6) is -1.45. The van der Waals surface area contributed by atoms with Gasteiger partial charge in [0, 0.05) is 0 Å². The van der Waals surface area contributed by atoms with Crippen molar-refractivity contribution in [3.63, 3.8) is 0 Å². The first-order valence-electron chi connectivity index (χ1n) is 4.91. The molecule has 0 saturated carbocycles. The van der Waals surface area contributed by atoms with Gasteiger partial charge in [0.1, 0.15) is 11.3 Å². The van der Waals surface area contributed by atoms with E-state index in [1.807, 2.05) is 0 Å². The Hall–Kier alpha value is -2.64. The molecule has 0 aliphatic heterocycles. The summed E-state index contributed by atoms with van der Waals surface area (Å²) in [6.45, 7) is 1.67. The van der Waals surface area contributed by atoms with E-state index in [9.17, 15) is 19.7 Å². The van der Waals surface area contributed by atoms with Crippen LogP contribution in [0.3, 0.4) is 0 Å². The Bertz CT molecular complexity index is 499.